The summed E-state index contributed by atoms with van der Waals surface area (Å²) in [6.07, 6.45) is 1.07. The molecule has 156 valence electrons. The van der Waals surface area contributed by atoms with E-state index < -0.39 is 0 Å². The molecule has 0 saturated carbocycles. The fourth-order valence-corrected chi connectivity index (χ4v) is 3.47. The zero-order chi connectivity index (χ0) is 20.5. The largest absolute Gasteiger partial charge is 0.497 e. The Bertz CT molecular complexity index is 759. The lowest BCUT2D eigenvalue weighted by atomic mass is 10.1. The molecule has 2 aromatic rings. The number of carbonyl (C=O) groups excluding carboxylic acids is 1. The number of ether oxygens (including phenoxy) is 3. The van der Waals surface area contributed by atoms with E-state index in [1.165, 1.54) is 5.56 Å². The van der Waals surface area contributed by atoms with Crippen LogP contribution in [0.1, 0.15) is 17.5 Å². The van der Waals surface area contributed by atoms with Gasteiger partial charge in [-0.1, -0.05) is 30.3 Å². The van der Waals surface area contributed by atoms with Crippen molar-refractivity contribution >= 4 is 5.91 Å². The van der Waals surface area contributed by atoms with Gasteiger partial charge in [0.15, 0.2) is 0 Å². The van der Waals surface area contributed by atoms with Crippen LogP contribution in [-0.4, -0.2) is 57.4 Å². The van der Waals surface area contributed by atoms with Gasteiger partial charge in [-0.05, 0) is 29.7 Å². The molecule has 1 N–H and O–H groups in total. The van der Waals surface area contributed by atoms with Gasteiger partial charge in [0.25, 0.3) is 0 Å². The first kappa shape index (κ1) is 21.1. The van der Waals surface area contributed by atoms with Crippen LogP contribution >= 0.6 is 0 Å². The van der Waals surface area contributed by atoms with Crippen LogP contribution in [0.4, 0.5) is 0 Å². The lowest BCUT2D eigenvalue weighted by Gasteiger charge is -2.33. The molecule has 1 aliphatic heterocycles. The molecular weight excluding hydrogens is 368 g/mol. The second-order valence-electron chi connectivity index (χ2n) is 7.24. The second-order valence-corrected chi connectivity index (χ2v) is 7.24. The Morgan fingerprint density at radius 3 is 2.52 bits per heavy atom. The number of methoxy groups -OCH3 is 2. The number of aryl methyl sites for hydroxylation is 1. The van der Waals surface area contributed by atoms with E-state index in [2.05, 4.69) is 34.5 Å². The number of hydrogen-bond acceptors (Lipinski definition) is 5. The highest BCUT2D eigenvalue weighted by molar-refractivity contribution is 5.76. The van der Waals surface area contributed by atoms with E-state index in [9.17, 15) is 4.79 Å². The highest BCUT2D eigenvalue weighted by Gasteiger charge is 2.21. The summed E-state index contributed by atoms with van der Waals surface area (Å²) >= 11 is 0. The average molecular weight is 399 g/mol. The van der Waals surface area contributed by atoms with Crippen molar-refractivity contribution in [2.45, 2.75) is 25.5 Å². The molecule has 1 saturated heterocycles. The predicted octanol–water partition coefficient (Wildman–Crippen LogP) is 2.65. The van der Waals surface area contributed by atoms with E-state index in [1.54, 1.807) is 14.2 Å². The molecular formula is C23H30N2O4. The highest BCUT2D eigenvalue weighted by atomic mass is 16.5. The van der Waals surface area contributed by atoms with Gasteiger partial charge in [-0.2, -0.15) is 0 Å². The van der Waals surface area contributed by atoms with Crippen molar-refractivity contribution in [3.63, 3.8) is 0 Å². The quantitative estimate of drug-likeness (QED) is 0.704. The maximum atomic E-state index is 12.3. The average Bonchev–Trinajstić information content (AvgIpc) is 2.77. The third-order valence-corrected chi connectivity index (χ3v) is 5.05. The number of nitrogens with zero attached hydrogens (tertiary/aromatic N) is 1. The smallest absolute Gasteiger partial charge is 0.220 e. The summed E-state index contributed by atoms with van der Waals surface area (Å²) in [5.41, 5.74) is 2.31. The number of rotatable bonds is 9. The Kier molecular flexibility index (Phi) is 7.90. The van der Waals surface area contributed by atoms with Gasteiger partial charge in [-0.25, -0.2) is 0 Å². The lowest BCUT2D eigenvalue weighted by molar-refractivity contribution is -0.122. The van der Waals surface area contributed by atoms with Crippen molar-refractivity contribution in [2.75, 3.05) is 40.5 Å². The number of hydrogen-bond donors (Lipinski definition) is 1. The van der Waals surface area contributed by atoms with Gasteiger partial charge < -0.3 is 19.5 Å². The Balaban J connectivity index is 1.42. The van der Waals surface area contributed by atoms with E-state index in [0.29, 0.717) is 26.0 Å². The van der Waals surface area contributed by atoms with Crippen LogP contribution in [0, 0.1) is 0 Å². The second kappa shape index (κ2) is 10.8. The summed E-state index contributed by atoms with van der Waals surface area (Å²) in [5, 5.41) is 3.01. The van der Waals surface area contributed by atoms with Gasteiger partial charge in [0.2, 0.25) is 5.91 Å². The molecule has 1 fully saturated rings. The Morgan fingerprint density at radius 2 is 1.83 bits per heavy atom. The Labute approximate surface area is 172 Å². The first-order valence-corrected chi connectivity index (χ1v) is 10.0. The van der Waals surface area contributed by atoms with Crippen LogP contribution < -0.4 is 14.8 Å². The fourth-order valence-electron chi connectivity index (χ4n) is 3.47. The molecule has 0 spiro atoms. The SMILES string of the molecule is COc1cc(CCC(=O)NCC2CN(Cc3ccccc3)CCO2)cc(OC)c1. The summed E-state index contributed by atoms with van der Waals surface area (Å²) in [6, 6.07) is 16.1. The fraction of sp³-hybridized carbons (Fsp3) is 0.435. The summed E-state index contributed by atoms with van der Waals surface area (Å²) in [7, 11) is 3.24. The molecule has 6 heteroatoms. The standard InChI is InChI=1S/C23H30N2O4/c1-27-20-12-19(13-21(14-20)28-2)8-9-23(26)24-15-22-17-25(10-11-29-22)16-18-6-4-3-5-7-18/h3-7,12-14,22H,8-11,15-17H2,1-2H3,(H,24,26). The maximum Gasteiger partial charge on any atom is 0.220 e. The number of amides is 1. The Morgan fingerprint density at radius 1 is 1.10 bits per heavy atom. The molecule has 0 aromatic heterocycles. The van der Waals surface area contributed by atoms with Crippen LogP contribution in [0.2, 0.25) is 0 Å². The molecule has 2 aromatic carbocycles. The third kappa shape index (κ3) is 6.76. The molecule has 1 unspecified atom stereocenters. The zero-order valence-corrected chi connectivity index (χ0v) is 17.2. The van der Waals surface area contributed by atoms with Crippen molar-refractivity contribution in [3.8, 4) is 11.5 Å². The van der Waals surface area contributed by atoms with Crippen LogP contribution in [-0.2, 0) is 22.5 Å². The van der Waals surface area contributed by atoms with Gasteiger partial charge in [-0.15, -0.1) is 0 Å². The molecule has 0 radical (unpaired) electrons. The molecule has 29 heavy (non-hydrogen) atoms. The van der Waals surface area contributed by atoms with Crippen LogP contribution in [0.3, 0.4) is 0 Å². The minimum atomic E-state index is 0.0216. The first-order chi connectivity index (χ1) is 14.2. The summed E-state index contributed by atoms with van der Waals surface area (Å²) < 4.78 is 16.4. The van der Waals surface area contributed by atoms with E-state index in [4.69, 9.17) is 14.2 Å². The lowest BCUT2D eigenvalue weighted by Crippen LogP contribution is -2.47. The molecule has 1 atom stereocenters. The molecule has 0 bridgehead atoms. The molecule has 3 rings (SSSR count). The minimum Gasteiger partial charge on any atom is -0.497 e. The monoisotopic (exact) mass is 398 g/mol. The van der Waals surface area contributed by atoms with E-state index in [1.807, 2.05) is 24.3 Å². The molecule has 1 aliphatic rings. The number of morpholine rings is 1. The van der Waals surface area contributed by atoms with Gasteiger partial charge in [0.05, 0.1) is 26.9 Å². The number of carbonyl (C=O) groups is 1. The van der Waals surface area contributed by atoms with Gasteiger partial charge in [0.1, 0.15) is 11.5 Å². The van der Waals surface area contributed by atoms with Crippen molar-refractivity contribution in [1.82, 2.24) is 10.2 Å². The highest BCUT2D eigenvalue weighted by Crippen LogP contribution is 2.23. The van der Waals surface area contributed by atoms with Crippen molar-refractivity contribution < 1.29 is 19.0 Å². The normalized spacial score (nSPS) is 17.0. The van der Waals surface area contributed by atoms with Crippen LogP contribution in [0.25, 0.3) is 0 Å². The Hall–Kier alpha value is -2.57. The van der Waals surface area contributed by atoms with E-state index in [-0.39, 0.29) is 12.0 Å². The molecule has 1 amide bonds. The summed E-state index contributed by atoms with van der Waals surface area (Å²) in [5.74, 6) is 1.48. The molecule has 6 nitrogen and oxygen atoms in total. The van der Waals surface area contributed by atoms with Gasteiger partial charge in [-0.3, -0.25) is 9.69 Å². The first-order valence-electron chi connectivity index (χ1n) is 10.0. The van der Waals surface area contributed by atoms with Crippen LogP contribution in [0.5, 0.6) is 11.5 Å². The third-order valence-electron chi connectivity index (χ3n) is 5.05. The zero-order valence-electron chi connectivity index (χ0n) is 17.2. The van der Waals surface area contributed by atoms with Crippen molar-refractivity contribution in [2.24, 2.45) is 0 Å². The van der Waals surface area contributed by atoms with Gasteiger partial charge in [0, 0.05) is 38.7 Å². The predicted molar refractivity (Wildman–Crippen MR) is 112 cm³/mol. The van der Waals surface area contributed by atoms with E-state index >= 15 is 0 Å². The van der Waals surface area contributed by atoms with Crippen molar-refractivity contribution in [3.05, 3.63) is 59.7 Å². The molecule has 0 aliphatic carbocycles. The number of benzene rings is 2. The molecule has 1 heterocycles. The minimum absolute atomic E-state index is 0.0216. The van der Waals surface area contributed by atoms with Gasteiger partial charge >= 0.3 is 0 Å². The summed E-state index contributed by atoms with van der Waals surface area (Å²) in [6.45, 7) is 3.87. The van der Waals surface area contributed by atoms with E-state index in [0.717, 1.165) is 36.7 Å². The topological polar surface area (TPSA) is 60.0 Å². The van der Waals surface area contributed by atoms with Crippen molar-refractivity contribution in [1.29, 1.82) is 0 Å². The summed E-state index contributed by atoms with van der Waals surface area (Å²) in [4.78, 5) is 14.7. The number of nitrogens with one attached hydrogen (secondary N) is 1. The van der Waals surface area contributed by atoms with Crippen LogP contribution in [0.15, 0.2) is 48.5 Å². The maximum absolute atomic E-state index is 12.3.